The Bertz CT molecular complexity index is 820. The van der Waals surface area contributed by atoms with Crippen LogP contribution in [0.4, 0.5) is 0 Å². The Hall–Kier alpha value is -2.36. The van der Waals surface area contributed by atoms with Gasteiger partial charge in [0.1, 0.15) is 5.52 Å². The highest BCUT2D eigenvalue weighted by Crippen LogP contribution is 2.32. The van der Waals surface area contributed by atoms with E-state index in [-0.39, 0.29) is 5.69 Å². The lowest BCUT2D eigenvalue weighted by Crippen LogP contribution is -2.16. The van der Waals surface area contributed by atoms with Crippen LogP contribution in [0.3, 0.4) is 0 Å². The molecule has 0 radical (unpaired) electrons. The van der Waals surface area contributed by atoms with E-state index in [2.05, 4.69) is 35.5 Å². The summed E-state index contributed by atoms with van der Waals surface area (Å²) in [5, 5.41) is 11.3. The van der Waals surface area contributed by atoms with Gasteiger partial charge in [0.05, 0.1) is 0 Å². The fourth-order valence-electron chi connectivity index (χ4n) is 3.09. The van der Waals surface area contributed by atoms with E-state index < -0.39 is 5.97 Å². The van der Waals surface area contributed by atoms with Crippen molar-refractivity contribution in [3.05, 3.63) is 42.2 Å². The smallest absolute Gasteiger partial charge is 0.401 e. The summed E-state index contributed by atoms with van der Waals surface area (Å²) in [6, 6.07) is 10.3. The Morgan fingerprint density at radius 2 is 2.05 bits per heavy atom. The van der Waals surface area contributed by atoms with Crippen molar-refractivity contribution in [2.24, 2.45) is 0 Å². The van der Waals surface area contributed by atoms with Crippen LogP contribution in [0, 0.1) is 0 Å². The number of aromatic nitrogens is 2. The molecule has 0 bridgehead atoms. The summed E-state index contributed by atoms with van der Waals surface area (Å²) in [5.41, 5.74) is 2.43. The van der Waals surface area contributed by atoms with Gasteiger partial charge in [0.2, 0.25) is 0 Å². The van der Waals surface area contributed by atoms with Gasteiger partial charge in [0.15, 0.2) is 6.20 Å². The van der Waals surface area contributed by atoms with Crippen LogP contribution in [0.5, 0.6) is 0 Å². The van der Waals surface area contributed by atoms with E-state index in [1.165, 1.54) is 0 Å². The van der Waals surface area contributed by atoms with E-state index in [0.717, 1.165) is 34.6 Å². The molecule has 3 aromatic rings. The van der Waals surface area contributed by atoms with Crippen molar-refractivity contribution >= 4 is 27.8 Å². The maximum Gasteiger partial charge on any atom is 0.401 e. The van der Waals surface area contributed by atoms with E-state index in [4.69, 9.17) is 0 Å². The first-order valence-electron chi connectivity index (χ1n) is 7.31. The molecule has 0 fully saturated rings. The van der Waals surface area contributed by atoms with Crippen molar-refractivity contribution in [2.75, 3.05) is 0 Å². The van der Waals surface area contributed by atoms with E-state index in [0.29, 0.717) is 6.04 Å². The minimum absolute atomic E-state index is 0.216. The van der Waals surface area contributed by atoms with Gasteiger partial charge in [-0.05, 0) is 19.4 Å². The van der Waals surface area contributed by atoms with Crippen molar-refractivity contribution < 1.29 is 14.9 Å². The quantitative estimate of drug-likeness (QED) is 0.794. The number of benzene rings is 1. The molecule has 108 valence electrons. The second-order valence-electron chi connectivity index (χ2n) is 5.48. The zero-order valence-electron chi connectivity index (χ0n) is 12.3. The van der Waals surface area contributed by atoms with E-state index in [1.54, 1.807) is 6.07 Å². The topological polar surface area (TPSA) is 56.4 Å². The Kier molecular flexibility index (Phi) is 3.37. The molecule has 0 aliphatic heterocycles. The lowest BCUT2D eigenvalue weighted by Gasteiger charge is -2.15. The summed E-state index contributed by atoms with van der Waals surface area (Å²) in [6.07, 6.45) is 4.02. The Morgan fingerprint density at radius 1 is 1.29 bits per heavy atom. The average molecular weight is 283 g/mol. The molecule has 1 atom stereocenters. The van der Waals surface area contributed by atoms with Crippen LogP contribution in [0.15, 0.2) is 36.5 Å². The lowest BCUT2D eigenvalue weighted by atomic mass is 10.1. The Labute approximate surface area is 123 Å². The van der Waals surface area contributed by atoms with Crippen molar-refractivity contribution in [3.8, 4) is 0 Å². The molecule has 0 aliphatic carbocycles. The fraction of sp³-hybridized carbons (Fsp3) is 0.294. The van der Waals surface area contributed by atoms with Gasteiger partial charge in [-0.15, -0.1) is 0 Å². The number of aromatic amines is 1. The van der Waals surface area contributed by atoms with Gasteiger partial charge in [0, 0.05) is 28.4 Å². The van der Waals surface area contributed by atoms with Crippen LogP contribution in [0.2, 0.25) is 0 Å². The molecular weight excluding hydrogens is 264 g/mol. The predicted octanol–water partition coefficient (Wildman–Crippen LogP) is 3.67. The van der Waals surface area contributed by atoms with Gasteiger partial charge in [0.25, 0.3) is 5.69 Å². The number of nitrogens with one attached hydrogen (secondary N) is 1. The molecule has 0 amide bonds. The molecule has 1 unspecified atom stereocenters. The first kappa shape index (κ1) is 13.6. The molecule has 1 aromatic carbocycles. The number of nitrogens with zero attached hydrogens (tertiary/aromatic N) is 1. The minimum atomic E-state index is -0.935. The van der Waals surface area contributed by atoms with E-state index in [9.17, 15) is 9.90 Å². The van der Waals surface area contributed by atoms with Crippen LogP contribution >= 0.6 is 0 Å². The summed E-state index contributed by atoms with van der Waals surface area (Å²) in [6.45, 7) is 4.39. The number of H-pyrrole nitrogens is 1. The van der Waals surface area contributed by atoms with Crippen molar-refractivity contribution in [2.45, 2.75) is 32.7 Å². The summed E-state index contributed by atoms with van der Waals surface area (Å²) in [4.78, 5) is 14.1. The van der Waals surface area contributed by atoms with Gasteiger partial charge in [-0.25, -0.2) is 9.78 Å². The zero-order valence-corrected chi connectivity index (χ0v) is 12.3. The van der Waals surface area contributed by atoms with Crippen LogP contribution in [0.25, 0.3) is 21.8 Å². The predicted molar refractivity (Wildman–Crippen MR) is 82.6 cm³/mol. The number of carbonyl (C=O) groups is 1. The maximum absolute atomic E-state index is 11.2. The van der Waals surface area contributed by atoms with Gasteiger partial charge in [-0.2, -0.15) is 0 Å². The monoisotopic (exact) mass is 283 g/mol. The average Bonchev–Trinajstić information content (AvgIpc) is 2.81. The number of hydrogen-bond donors (Lipinski definition) is 1. The van der Waals surface area contributed by atoms with Crippen LogP contribution in [0.1, 0.15) is 43.2 Å². The molecule has 2 heterocycles. The molecule has 0 spiro atoms. The zero-order chi connectivity index (χ0) is 15.0. The third-order valence-corrected chi connectivity index (χ3v) is 4.02. The number of fused-ring (bicyclic) bond motifs is 3. The maximum atomic E-state index is 11.2. The third-order valence-electron chi connectivity index (χ3n) is 4.02. The second kappa shape index (κ2) is 5.20. The largest absolute Gasteiger partial charge is 0.473 e. The minimum Gasteiger partial charge on any atom is -0.473 e. The van der Waals surface area contributed by atoms with Crippen LogP contribution in [-0.4, -0.2) is 15.6 Å². The standard InChI is InChI=1S/C17H18N2O2/c1-3-6-11(2)19-15-8-5-4-7-12(15)13-9-14(17(20)21)18-10-16(13)19/h4-5,7-11H,3,6H2,1-2H3,(H,20,21)/p+1. The summed E-state index contributed by atoms with van der Waals surface area (Å²) in [7, 11) is 0. The first-order valence-corrected chi connectivity index (χ1v) is 7.31. The molecule has 0 saturated carbocycles. The molecule has 0 saturated heterocycles. The molecule has 2 N–H and O–H groups in total. The normalized spacial score (nSPS) is 12.9. The number of pyridine rings is 1. The number of aromatic carboxylic acids is 1. The van der Waals surface area contributed by atoms with Crippen molar-refractivity contribution in [1.29, 1.82) is 0 Å². The summed E-state index contributed by atoms with van der Waals surface area (Å²) in [5.74, 6) is -0.935. The Morgan fingerprint density at radius 3 is 2.76 bits per heavy atom. The second-order valence-corrected chi connectivity index (χ2v) is 5.48. The highest BCUT2D eigenvalue weighted by molar-refractivity contribution is 6.08. The fourth-order valence-corrected chi connectivity index (χ4v) is 3.09. The van der Waals surface area contributed by atoms with Gasteiger partial charge in [-0.1, -0.05) is 31.5 Å². The number of carboxylic acids is 1. The molecular formula is C17H19N2O2+. The molecule has 0 aliphatic rings. The third kappa shape index (κ3) is 2.17. The van der Waals surface area contributed by atoms with E-state index in [1.807, 2.05) is 18.3 Å². The van der Waals surface area contributed by atoms with Crippen LogP contribution < -0.4 is 4.98 Å². The molecule has 2 aromatic heterocycles. The van der Waals surface area contributed by atoms with Crippen LogP contribution in [-0.2, 0) is 0 Å². The van der Waals surface area contributed by atoms with Gasteiger partial charge < -0.3 is 9.67 Å². The van der Waals surface area contributed by atoms with E-state index >= 15 is 0 Å². The molecule has 21 heavy (non-hydrogen) atoms. The SMILES string of the molecule is CCCC(C)n1c2ccccc2c2cc(C(=O)O)[nH+]cc21. The Balaban J connectivity index is 2.36. The van der Waals surface area contributed by atoms with Gasteiger partial charge >= 0.3 is 5.97 Å². The highest BCUT2D eigenvalue weighted by atomic mass is 16.4. The lowest BCUT2D eigenvalue weighted by molar-refractivity contribution is -0.381. The first-order chi connectivity index (χ1) is 10.1. The number of para-hydroxylation sites is 1. The van der Waals surface area contributed by atoms with Gasteiger partial charge in [-0.3, -0.25) is 0 Å². The summed E-state index contributed by atoms with van der Waals surface area (Å²) < 4.78 is 2.30. The molecule has 4 nitrogen and oxygen atoms in total. The highest BCUT2D eigenvalue weighted by Gasteiger charge is 2.19. The van der Waals surface area contributed by atoms with Crippen molar-refractivity contribution in [3.63, 3.8) is 0 Å². The summed E-state index contributed by atoms with van der Waals surface area (Å²) >= 11 is 0. The molecule has 4 heteroatoms. The number of carboxylic acid groups (broad SMARTS) is 1. The number of rotatable bonds is 4. The van der Waals surface area contributed by atoms with Crippen molar-refractivity contribution in [1.82, 2.24) is 4.57 Å². The molecule has 3 rings (SSSR count). The number of hydrogen-bond acceptors (Lipinski definition) is 1.